The van der Waals surface area contributed by atoms with Crippen molar-refractivity contribution in [2.45, 2.75) is 19.5 Å². The van der Waals surface area contributed by atoms with Crippen LogP contribution in [-0.4, -0.2) is 32.3 Å². The molecular formula is C19H23N2O4+. The molecule has 0 radical (unpaired) electrons. The van der Waals surface area contributed by atoms with Gasteiger partial charge >= 0.3 is 0 Å². The van der Waals surface area contributed by atoms with Crippen LogP contribution in [0.5, 0.6) is 17.2 Å². The van der Waals surface area contributed by atoms with Crippen LogP contribution in [0.1, 0.15) is 12.5 Å². The molecule has 0 unspecified atom stereocenters. The van der Waals surface area contributed by atoms with E-state index in [0.29, 0.717) is 36.9 Å². The lowest BCUT2D eigenvalue weighted by molar-refractivity contribution is -0.688. The molecule has 1 aliphatic rings. The van der Waals surface area contributed by atoms with Crippen molar-refractivity contribution in [3.05, 3.63) is 48.0 Å². The first-order valence-electron chi connectivity index (χ1n) is 8.32. The summed E-state index contributed by atoms with van der Waals surface area (Å²) in [5, 5.41) is 4.91. The minimum absolute atomic E-state index is 0.0560. The van der Waals surface area contributed by atoms with E-state index in [1.807, 2.05) is 48.6 Å². The second kappa shape index (κ2) is 7.90. The van der Waals surface area contributed by atoms with Crippen molar-refractivity contribution in [3.63, 3.8) is 0 Å². The number of quaternary nitrogens is 1. The van der Waals surface area contributed by atoms with E-state index < -0.39 is 0 Å². The van der Waals surface area contributed by atoms with Gasteiger partial charge in [0, 0.05) is 17.3 Å². The molecule has 1 aliphatic heterocycles. The molecule has 1 atom stereocenters. The fraction of sp³-hybridized carbons (Fsp3) is 0.316. The van der Waals surface area contributed by atoms with Crippen molar-refractivity contribution in [2.75, 3.05) is 25.6 Å². The fourth-order valence-corrected chi connectivity index (χ4v) is 2.60. The van der Waals surface area contributed by atoms with Crippen LogP contribution in [-0.2, 0) is 11.3 Å². The van der Waals surface area contributed by atoms with E-state index >= 15 is 0 Å². The minimum atomic E-state index is -0.223. The van der Waals surface area contributed by atoms with Gasteiger partial charge in [0.15, 0.2) is 17.5 Å². The first-order valence-corrected chi connectivity index (χ1v) is 8.32. The number of rotatable bonds is 6. The smallest absolute Gasteiger partial charge is 0.282 e. The van der Waals surface area contributed by atoms with Gasteiger partial charge in [-0.2, -0.15) is 0 Å². The molecule has 132 valence electrons. The highest BCUT2D eigenvalue weighted by molar-refractivity contribution is 5.93. The van der Waals surface area contributed by atoms with Gasteiger partial charge in [-0.3, -0.25) is 4.79 Å². The van der Waals surface area contributed by atoms with Gasteiger partial charge in [0.1, 0.15) is 25.5 Å². The third kappa shape index (κ3) is 4.42. The average molecular weight is 343 g/mol. The summed E-state index contributed by atoms with van der Waals surface area (Å²) in [6, 6.07) is 13.0. The first-order chi connectivity index (χ1) is 12.2. The monoisotopic (exact) mass is 343 g/mol. The molecule has 0 fully saturated rings. The zero-order valence-corrected chi connectivity index (χ0v) is 14.5. The second-order valence-corrected chi connectivity index (χ2v) is 5.93. The highest BCUT2D eigenvalue weighted by atomic mass is 16.6. The Balaban J connectivity index is 1.55. The Kier molecular flexibility index (Phi) is 5.40. The van der Waals surface area contributed by atoms with Crippen molar-refractivity contribution in [1.82, 2.24) is 0 Å². The molecule has 1 heterocycles. The average Bonchev–Trinajstić information content (AvgIpc) is 2.66. The van der Waals surface area contributed by atoms with E-state index in [1.165, 1.54) is 0 Å². The van der Waals surface area contributed by atoms with E-state index in [9.17, 15) is 4.79 Å². The molecule has 0 bridgehead atoms. The number of benzene rings is 2. The zero-order chi connectivity index (χ0) is 17.6. The maximum absolute atomic E-state index is 12.4. The molecular weight excluding hydrogens is 320 g/mol. The van der Waals surface area contributed by atoms with Crippen LogP contribution in [0.3, 0.4) is 0 Å². The third-order valence-corrected chi connectivity index (χ3v) is 4.06. The predicted molar refractivity (Wildman–Crippen MR) is 94.1 cm³/mol. The number of methoxy groups -OCH3 is 1. The summed E-state index contributed by atoms with van der Waals surface area (Å²) in [6.45, 7) is 3.66. The van der Waals surface area contributed by atoms with Gasteiger partial charge in [-0.05, 0) is 31.2 Å². The van der Waals surface area contributed by atoms with Gasteiger partial charge in [0.2, 0.25) is 0 Å². The summed E-state index contributed by atoms with van der Waals surface area (Å²) in [5.41, 5.74) is 1.81. The van der Waals surface area contributed by atoms with Gasteiger partial charge in [-0.15, -0.1) is 0 Å². The Morgan fingerprint density at radius 2 is 2.00 bits per heavy atom. The highest BCUT2D eigenvalue weighted by Gasteiger charge is 2.18. The largest absolute Gasteiger partial charge is 0.497 e. The van der Waals surface area contributed by atoms with Gasteiger partial charge in [0.25, 0.3) is 5.91 Å². The molecule has 2 aromatic rings. The normalized spacial score (nSPS) is 13.8. The molecule has 3 rings (SSSR count). The van der Waals surface area contributed by atoms with Crippen molar-refractivity contribution >= 4 is 11.6 Å². The van der Waals surface area contributed by atoms with Crippen LogP contribution < -0.4 is 24.8 Å². The number of carbonyl (C=O) groups is 1. The Morgan fingerprint density at radius 1 is 1.20 bits per heavy atom. The van der Waals surface area contributed by atoms with Crippen molar-refractivity contribution in [2.24, 2.45) is 0 Å². The number of hydrogen-bond donors (Lipinski definition) is 2. The summed E-state index contributed by atoms with van der Waals surface area (Å²) in [5.74, 6) is 2.14. The molecule has 0 saturated carbocycles. The molecule has 0 spiro atoms. The van der Waals surface area contributed by atoms with Gasteiger partial charge in [-0.25, -0.2) is 0 Å². The number of nitrogens with two attached hydrogens (primary N) is 1. The van der Waals surface area contributed by atoms with Crippen molar-refractivity contribution < 1.29 is 24.3 Å². The molecule has 6 heteroatoms. The lowest BCUT2D eigenvalue weighted by Gasteiger charge is -2.19. The summed E-state index contributed by atoms with van der Waals surface area (Å²) in [4.78, 5) is 12.4. The van der Waals surface area contributed by atoms with Crippen molar-refractivity contribution in [1.29, 1.82) is 0 Å². The van der Waals surface area contributed by atoms with E-state index in [0.717, 1.165) is 11.3 Å². The topological polar surface area (TPSA) is 73.4 Å². The van der Waals surface area contributed by atoms with Crippen LogP contribution in [0.25, 0.3) is 0 Å². The van der Waals surface area contributed by atoms with Crippen molar-refractivity contribution in [3.8, 4) is 17.2 Å². The molecule has 3 N–H and O–H groups in total. The van der Waals surface area contributed by atoms with E-state index in [4.69, 9.17) is 14.2 Å². The van der Waals surface area contributed by atoms with Gasteiger partial charge in [-0.1, -0.05) is 12.1 Å². The lowest BCUT2D eigenvalue weighted by Crippen LogP contribution is -2.90. The molecule has 2 aromatic carbocycles. The maximum Gasteiger partial charge on any atom is 0.282 e. The molecule has 6 nitrogen and oxygen atoms in total. The number of fused-ring (bicyclic) bond motifs is 1. The number of amides is 1. The molecule has 25 heavy (non-hydrogen) atoms. The summed E-state index contributed by atoms with van der Waals surface area (Å²) < 4.78 is 16.2. The maximum atomic E-state index is 12.4. The zero-order valence-electron chi connectivity index (χ0n) is 14.5. The third-order valence-electron chi connectivity index (χ3n) is 4.06. The Morgan fingerprint density at radius 3 is 2.80 bits per heavy atom. The summed E-state index contributed by atoms with van der Waals surface area (Å²) in [6.07, 6.45) is 0. The fourth-order valence-electron chi connectivity index (χ4n) is 2.60. The Labute approximate surface area is 147 Å². The van der Waals surface area contributed by atoms with Crippen LogP contribution >= 0.6 is 0 Å². The standard InChI is InChI=1S/C19H22N2O4/c1-13(20-12-14-4-3-5-16(10-14)23-2)19(22)21-15-6-7-17-18(11-15)25-9-8-24-17/h3-7,10-11,13,20H,8-9,12H2,1-2H3,(H,21,22)/p+1/t13-/m0/s1. The van der Waals surface area contributed by atoms with E-state index in [1.54, 1.807) is 13.2 Å². The highest BCUT2D eigenvalue weighted by Crippen LogP contribution is 2.32. The predicted octanol–water partition coefficient (Wildman–Crippen LogP) is 1.56. The van der Waals surface area contributed by atoms with Gasteiger partial charge < -0.3 is 24.8 Å². The van der Waals surface area contributed by atoms with E-state index in [-0.39, 0.29) is 11.9 Å². The summed E-state index contributed by atoms with van der Waals surface area (Å²) >= 11 is 0. The van der Waals surface area contributed by atoms with Gasteiger partial charge in [0.05, 0.1) is 7.11 Å². The number of carbonyl (C=O) groups excluding carboxylic acids is 1. The number of ether oxygens (including phenoxy) is 3. The Hall–Kier alpha value is -2.73. The molecule has 0 saturated heterocycles. The molecule has 0 aromatic heterocycles. The van der Waals surface area contributed by atoms with Crippen LogP contribution in [0.4, 0.5) is 5.69 Å². The van der Waals surface area contributed by atoms with Crippen LogP contribution in [0.2, 0.25) is 0 Å². The lowest BCUT2D eigenvalue weighted by atomic mass is 10.2. The number of anilines is 1. The van der Waals surface area contributed by atoms with Crippen LogP contribution in [0, 0.1) is 0 Å². The SMILES string of the molecule is COc1cccc(C[NH2+][C@@H](C)C(=O)Nc2ccc3c(c2)OCCO3)c1. The molecule has 1 amide bonds. The van der Waals surface area contributed by atoms with E-state index in [2.05, 4.69) is 5.32 Å². The number of hydrogen-bond acceptors (Lipinski definition) is 4. The molecule has 0 aliphatic carbocycles. The quantitative estimate of drug-likeness (QED) is 0.835. The summed E-state index contributed by atoms with van der Waals surface area (Å²) in [7, 11) is 1.65. The van der Waals surface area contributed by atoms with Crippen LogP contribution in [0.15, 0.2) is 42.5 Å². The number of nitrogens with one attached hydrogen (secondary N) is 1. The second-order valence-electron chi connectivity index (χ2n) is 5.93. The Bertz CT molecular complexity index is 748. The minimum Gasteiger partial charge on any atom is -0.497 e. The first kappa shape index (κ1) is 17.1.